The first-order chi connectivity index (χ1) is 13.8. The summed E-state index contributed by atoms with van der Waals surface area (Å²) < 4.78 is 0. The Hall–Kier alpha value is -3.15. The average molecular weight is 394 g/mol. The fourth-order valence-electron chi connectivity index (χ4n) is 3.53. The number of carboxylic acids is 1. The molecule has 6 heteroatoms. The number of amides is 2. The number of benzene rings is 2. The predicted octanol–water partition coefficient (Wildman–Crippen LogP) is 2.50. The molecule has 1 saturated heterocycles. The molecule has 29 heavy (non-hydrogen) atoms. The van der Waals surface area contributed by atoms with E-state index in [0.29, 0.717) is 18.7 Å². The molecular weight excluding hydrogens is 368 g/mol. The summed E-state index contributed by atoms with van der Waals surface area (Å²) in [4.78, 5) is 38.6. The molecule has 0 saturated carbocycles. The summed E-state index contributed by atoms with van der Waals surface area (Å²) in [6.45, 7) is 4.38. The van der Waals surface area contributed by atoms with E-state index in [-0.39, 0.29) is 24.8 Å². The number of carbonyl (C=O) groups excluding carboxylic acids is 2. The van der Waals surface area contributed by atoms with Gasteiger partial charge in [0.05, 0.1) is 5.92 Å². The molecule has 1 fully saturated rings. The van der Waals surface area contributed by atoms with E-state index >= 15 is 0 Å². The van der Waals surface area contributed by atoms with E-state index in [1.54, 1.807) is 36.1 Å². The smallest absolute Gasteiger partial charge is 0.315 e. The van der Waals surface area contributed by atoms with Gasteiger partial charge >= 0.3 is 5.97 Å². The highest BCUT2D eigenvalue weighted by Gasteiger charge is 2.38. The van der Waals surface area contributed by atoms with Crippen LogP contribution in [0.1, 0.15) is 30.0 Å². The van der Waals surface area contributed by atoms with Crippen molar-refractivity contribution in [3.8, 4) is 0 Å². The van der Waals surface area contributed by atoms with Crippen molar-refractivity contribution in [2.24, 2.45) is 5.92 Å². The molecule has 0 aromatic heterocycles. The number of carboxylic acid groups (broad SMARTS) is 1. The third-order valence-electron chi connectivity index (χ3n) is 5.58. The molecule has 1 aliphatic rings. The summed E-state index contributed by atoms with van der Waals surface area (Å²) in [6.07, 6.45) is 0.146. The summed E-state index contributed by atoms with van der Waals surface area (Å²) in [5.41, 5.74) is 1.56. The van der Waals surface area contributed by atoms with Crippen molar-refractivity contribution in [2.45, 2.75) is 32.2 Å². The van der Waals surface area contributed by atoms with Crippen LogP contribution in [0.15, 0.2) is 54.6 Å². The first-order valence-corrected chi connectivity index (χ1v) is 9.69. The third kappa shape index (κ3) is 4.65. The van der Waals surface area contributed by atoms with Gasteiger partial charge in [0.2, 0.25) is 11.8 Å². The number of nitrogens with one attached hydrogen (secondary N) is 1. The van der Waals surface area contributed by atoms with Crippen molar-refractivity contribution < 1.29 is 19.5 Å². The fourth-order valence-corrected chi connectivity index (χ4v) is 3.53. The lowest BCUT2D eigenvalue weighted by Gasteiger charge is -2.26. The molecule has 1 aliphatic heterocycles. The van der Waals surface area contributed by atoms with Gasteiger partial charge in [-0.05, 0) is 25.0 Å². The van der Waals surface area contributed by atoms with Crippen LogP contribution in [0.3, 0.4) is 0 Å². The van der Waals surface area contributed by atoms with Crippen molar-refractivity contribution in [3.63, 3.8) is 0 Å². The van der Waals surface area contributed by atoms with Crippen LogP contribution in [-0.4, -0.2) is 40.9 Å². The first kappa shape index (κ1) is 20.6. The molecule has 152 valence electrons. The lowest BCUT2D eigenvalue weighted by molar-refractivity contribution is -0.143. The Balaban J connectivity index is 1.61. The van der Waals surface area contributed by atoms with E-state index in [2.05, 4.69) is 5.32 Å². The van der Waals surface area contributed by atoms with Crippen LogP contribution in [0, 0.1) is 12.8 Å². The zero-order valence-electron chi connectivity index (χ0n) is 16.7. The monoisotopic (exact) mass is 394 g/mol. The zero-order chi connectivity index (χ0) is 21.0. The molecule has 0 aliphatic carbocycles. The van der Waals surface area contributed by atoms with Crippen molar-refractivity contribution >= 4 is 17.8 Å². The number of nitrogens with zero attached hydrogens (tertiary/aromatic N) is 1. The second-order valence-electron chi connectivity index (χ2n) is 7.88. The number of aliphatic carboxylic acids is 1. The van der Waals surface area contributed by atoms with Crippen molar-refractivity contribution in [1.29, 1.82) is 0 Å². The SMILES string of the molecule is Cc1ccc(CN2CC(C(=O)NCC(C)(C(=O)O)c3ccccc3)CC2=O)cc1. The number of rotatable bonds is 7. The van der Waals surface area contributed by atoms with Gasteiger partial charge in [0.25, 0.3) is 0 Å². The molecule has 1 heterocycles. The highest BCUT2D eigenvalue weighted by molar-refractivity contribution is 5.90. The topological polar surface area (TPSA) is 86.7 Å². The minimum absolute atomic E-state index is 0.0339. The molecule has 2 unspecified atom stereocenters. The molecule has 2 aromatic carbocycles. The van der Waals surface area contributed by atoms with Gasteiger partial charge in [-0.15, -0.1) is 0 Å². The third-order valence-corrected chi connectivity index (χ3v) is 5.58. The minimum atomic E-state index is -1.24. The van der Waals surface area contributed by atoms with E-state index < -0.39 is 17.3 Å². The summed E-state index contributed by atoms with van der Waals surface area (Å²) >= 11 is 0. The largest absolute Gasteiger partial charge is 0.481 e. The van der Waals surface area contributed by atoms with Crippen LogP contribution in [0.4, 0.5) is 0 Å². The quantitative estimate of drug-likeness (QED) is 0.755. The fraction of sp³-hybridized carbons (Fsp3) is 0.348. The molecular formula is C23H26N2O4. The van der Waals surface area contributed by atoms with Gasteiger partial charge in [0, 0.05) is 26.1 Å². The standard InChI is InChI=1S/C23H26N2O4/c1-16-8-10-17(11-9-16)13-25-14-18(12-20(25)26)21(27)24-15-23(2,22(28)29)19-6-4-3-5-7-19/h3-11,18H,12-15H2,1-2H3,(H,24,27)(H,28,29). The van der Waals surface area contributed by atoms with Gasteiger partial charge < -0.3 is 15.3 Å². The Morgan fingerprint density at radius 1 is 1.14 bits per heavy atom. The van der Waals surface area contributed by atoms with Gasteiger partial charge in [-0.25, -0.2) is 0 Å². The Morgan fingerprint density at radius 2 is 1.79 bits per heavy atom. The van der Waals surface area contributed by atoms with Crippen molar-refractivity contribution in [3.05, 3.63) is 71.3 Å². The molecule has 0 spiro atoms. The molecule has 0 radical (unpaired) electrons. The van der Waals surface area contributed by atoms with Crippen LogP contribution in [-0.2, 0) is 26.3 Å². The normalized spacial score (nSPS) is 18.3. The molecule has 6 nitrogen and oxygen atoms in total. The Kier molecular flexibility index (Phi) is 6.01. The molecule has 2 aromatic rings. The molecule has 0 bridgehead atoms. The maximum absolute atomic E-state index is 12.7. The molecule has 2 N–H and O–H groups in total. The maximum Gasteiger partial charge on any atom is 0.315 e. The summed E-state index contributed by atoms with van der Waals surface area (Å²) in [6, 6.07) is 16.8. The number of likely N-dealkylation sites (tertiary alicyclic amines) is 1. The van der Waals surface area contributed by atoms with Crippen LogP contribution in [0.2, 0.25) is 0 Å². The van der Waals surface area contributed by atoms with Gasteiger partial charge in [-0.2, -0.15) is 0 Å². The van der Waals surface area contributed by atoms with Crippen LogP contribution >= 0.6 is 0 Å². The number of aryl methyl sites for hydroxylation is 1. The summed E-state index contributed by atoms with van der Waals surface area (Å²) in [7, 11) is 0. The van der Waals surface area contributed by atoms with Crippen LogP contribution < -0.4 is 5.32 Å². The summed E-state index contributed by atoms with van der Waals surface area (Å²) in [5, 5.41) is 12.5. The lowest BCUT2D eigenvalue weighted by Crippen LogP contribution is -2.46. The molecule has 2 atom stereocenters. The van der Waals surface area contributed by atoms with E-state index in [1.165, 1.54) is 0 Å². The van der Waals surface area contributed by atoms with Gasteiger partial charge in [0.15, 0.2) is 0 Å². The zero-order valence-corrected chi connectivity index (χ0v) is 16.7. The Labute approximate surface area is 170 Å². The van der Waals surface area contributed by atoms with Crippen molar-refractivity contribution in [1.82, 2.24) is 10.2 Å². The van der Waals surface area contributed by atoms with Gasteiger partial charge in [0.1, 0.15) is 5.41 Å². The van der Waals surface area contributed by atoms with E-state index in [0.717, 1.165) is 11.1 Å². The Bertz CT molecular complexity index is 895. The minimum Gasteiger partial charge on any atom is -0.481 e. The number of hydrogen-bond acceptors (Lipinski definition) is 3. The second-order valence-corrected chi connectivity index (χ2v) is 7.88. The Morgan fingerprint density at radius 3 is 2.41 bits per heavy atom. The van der Waals surface area contributed by atoms with Crippen LogP contribution in [0.25, 0.3) is 0 Å². The van der Waals surface area contributed by atoms with E-state index in [9.17, 15) is 19.5 Å². The van der Waals surface area contributed by atoms with E-state index in [1.807, 2.05) is 37.3 Å². The summed E-state index contributed by atoms with van der Waals surface area (Å²) in [5.74, 6) is -1.82. The first-order valence-electron chi connectivity index (χ1n) is 9.69. The number of hydrogen-bond donors (Lipinski definition) is 2. The van der Waals surface area contributed by atoms with E-state index in [4.69, 9.17) is 0 Å². The molecule has 3 rings (SSSR count). The highest BCUT2D eigenvalue weighted by Crippen LogP contribution is 2.25. The van der Waals surface area contributed by atoms with Crippen molar-refractivity contribution in [2.75, 3.05) is 13.1 Å². The second kappa shape index (κ2) is 8.47. The van der Waals surface area contributed by atoms with Gasteiger partial charge in [-0.3, -0.25) is 14.4 Å². The van der Waals surface area contributed by atoms with Crippen LogP contribution in [0.5, 0.6) is 0 Å². The molecule has 2 amide bonds. The lowest BCUT2D eigenvalue weighted by atomic mass is 9.82. The predicted molar refractivity (Wildman–Crippen MR) is 109 cm³/mol. The highest BCUT2D eigenvalue weighted by atomic mass is 16.4. The number of carbonyl (C=O) groups is 3. The maximum atomic E-state index is 12.7. The average Bonchev–Trinajstić information content (AvgIpc) is 3.08. The van der Waals surface area contributed by atoms with Gasteiger partial charge in [-0.1, -0.05) is 60.2 Å².